The van der Waals surface area contributed by atoms with Crippen LogP contribution in [0.15, 0.2) is 40.8 Å². The normalized spacial score (nSPS) is 13.8. The summed E-state index contributed by atoms with van der Waals surface area (Å²) in [6.45, 7) is 12.3. The van der Waals surface area contributed by atoms with Gasteiger partial charge < -0.3 is 19.4 Å². The van der Waals surface area contributed by atoms with Crippen molar-refractivity contribution in [3.05, 3.63) is 64.4 Å². The Bertz CT molecular complexity index is 1120. The minimum Gasteiger partial charge on any atom is -0.491 e. The second-order valence-corrected chi connectivity index (χ2v) is 10.1. The Balaban J connectivity index is 1.69. The Labute approximate surface area is 196 Å². The highest BCUT2D eigenvalue weighted by atomic mass is 16.5. The molecule has 0 amide bonds. The number of aryl methyl sites for hydroxylation is 3. The van der Waals surface area contributed by atoms with Crippen LogP contribution in [0.4, 0.5) is 0 Å². The molecule has 0 spiro atoms. The average molecular weight is 453 g/mol. The van der Waals surface area contributed by atoms with Crippen molar-refractivity contribution in [2.24, 2.45) is 5.41 Å². The van der Waals surface area contributed by atoms with Gasteiger partial charge in [-0.3, -0.25) is 0 Å². The molecule has 3 rings (SSSR count). The highest BCUT2D eigenvalue weighted by molar-refractivity contribution is 5.95. The maximum Gasteiger partial charge on any atom is 0.372 e. The minimum atomic E-state index is -1.04. The zero-order valence-electron chi connectivity index (χ0n) is 20.6. The van der Waals surface area contributed by atoms with E-state index in [2.05, 4.69) is 25.1 Å². The number of carboxylic acids is 1. The minimum absolute atomic E-state index is 0.0152. The smallest absolute Gasteiger partial charge is 0.372 e. The average Bonchev–Trinajstić information content (AvgIpc) is 3.09. The summed E-state index contributed by atoms with van der Waals surface area (Å²) in [7, 11) is 0. The van der Waals surface area contributed by atoms with E-state index in [9.17, 15) is 15.0 Å². The van der Waals surface area contributed by atoms with Gasteiger partial charge in [-0.25, -0.2) is 4.79 Å². The van der Waals surface area contributed by atoms with Crippen LogP contribution >= 0.6 is 0 Å². The molecule has 0 saturated carbocycles. The molecular weight excluding hydrogens is 416 g/mol. The lowest BCUT2D eigenvalue weighted by Crippen LogP contribution is -2.32. The van der Waals surface area contributed by atoms with Gasteiger partial charge in [-0.05, 0) is 79.3 Å². The van der Waals surface area contributed by atoms with Crippen molar-refractivity contribution >= 4 is 16.9 Å². The summed E-state index contributed by atoms with van der Waals surface area (Å²) in [5, 5.41) is 20.4. The maximum absolute atomic E-state index is 11.3. The predicted octanol–water partition coefficient (Wildman–Crippen LogP) is 6.66. The molecule has 0 aliphatic carbocycles. The van der Waals surface area contributed by atoms with Crippen LogP contribution in [0.2, 0.25) is 0 Å². The van der Waals surface area contributed by atoms with E-state index in [0.29, 0.717) is 17.1 Å². The summed E-state index contributed by atoms with van der Waals surface area (Å²) in [4.78, 5) is 11.3. The number of hydrogen-bond donors (Lipinski definition) is 2. The number of aliphatic hydroxyl groups is 1. The third-order valence-electron chi connectivity index (χ3n) is 6.54. The van der Waals surface area contributed by atoms with Gasteiger partial charge in [-0.1, -0.05) is 45.9 Å². The van der Waals surface area contributed by atoms with E-state index < -0.39 is 12.1 Å². The van der Waals surface area contributed by atoms with Gasteiger partial charge in [-0.2, -0.15) is 0 Å². The zero-order valence-corrected chi connectivity index (χ0v) is 20.6. The number of ether oxygens (including phenoxy) is 1. The van der Waals surface area contributed by atoms with Crippen LogP contribution < -0.4 is 4.74 Å². The summed E-state index contributed by atoms with van der Waals surface area (Å²) in [5.41, 5.74) is 4.61. The fourth-order valence-corrected chi connectivity index (χ4v) is 4.08. The number of furan rings is 1. The number of carbonyl (C=O) groups is 1. The molecule has 2 aromatic carbocycles. The predicted molar refractivity (Wildman–Crippen MR) is 131 cm³/mol. The van der Waals surface area contributed by atoms with Gasteiger partial charge in [0.05, 0.1) is 6.10 Å². The van der Waals surface area contributed by atoms with Crippen molar-refractivity contribution in [3.8, 4) is 5.75 Å². The van der Waals surface area contributed by atoms with Gasteiger partial charge in [0, 0.05) is 10.9 Å². The van der Waals surface area contributed by atoms with E-state index in [0.717, 1.165) is 36.0 Å². The molecule has 0 bridgehead atoms. The lowest BCUT2D eigenvalue weighted by Gasteiger charge is -2.26. The molecule has 1 heterocycles. The highest BCUT2D eigenvalue weighted by Crippen LogP contribution is 2.31. The van der Waals surface area contributed by atoms with Crippen LogP contribution in [0.5, 0.6) is 5.75 Å². The Hall–Kier alpha value is -2.79. The topological polar surface area (TPSA) is 79.9 Å². The molecule has 0 radical (unpaired) electrons. The molecule has 0 aliphatic heterocycles. The van der Waals surface area contributed by atoms with Crippen LogP contribution in [-0.4, -0.2) is 28.9 Å². The first-order valence-electron chi connectivity index (χ1n) is 11.7. The first-order chi connectivity index (χ1) is 15.5. The molecular formula is C28H36O5. The number of hydrogen-bond acceptors (Lipinski definition) is 4. The quantitative estimate of drug-likeness (QED) is 0.379. The second-order valence-electron chi connectivity index (χ2n) is 10.1. The Morgan fingerprint density at radius 3 is 2.45 bits per heavy atom. The number of aromatic carboxylic acids is 1. The number of aliphatic hydroxyl groups excluding tert-OH is 1. The molecule has 33 heavy (non-hydrogen) atoms. The number of carboxylic acid groups (broad SMARTS) is 1. The molecule has 3 aromatic rings. The van der Waals surface area contributed by atoms with E-state index in [-0.39, 0.29) is 17.8 Å². The van der Waals surface area contributed by atoms with Crippen molar-refractivity contribution in [3.63, 3.8) is 0 Å². The first-order valence-corrected chi connectivity index (χ1v) is 11.7. The maximum atomic E-state index is 11.3. The molecule has 2 atom stereocenters. The van der Waals surface area contributed by atoms with E-state index in [1.54, 1.807) is 6.92 Å². The van der Waals surface area contributed by atoms with E-state index >= 15 is 0 Å². The second kappa shape index (κ2) is 10.0. The molecule has 0 fully saturated rings. The highest BCUT2D eigenvalue weighted by Gasteiger charge is 2.23. The van der Waals surface area contributed by atoms with Crippen LogP contribution in [0.3, 0.4) is 0 Å². The monoisotopic (exact) mass is 452 g/mol. The third kappa shape index (κ3) is 5.77. The number of benzene rings is 2. The zero-order chi connectivity index (χ0) is 24.3. The SMILES string of the molecule is CCC(CCc1ccc2oc(C(=O)O)c(C)c2c1)c1ccc(OCC(O)C(C)(C)C)c(C)c1. The molecule has 5 nitrogen and oxygen atoms in total. The van der Waals surface area contributed by atoms with Gasteiger partial charge in [0.15, 0.2) is 0 Å². The fraction of sp³-hybridized carbons (Fsp3) is 0.464. The summed E-state index contributed by atoms with van der Waals surface area (Å²) >= 11 is 0. The van der Waals surface area contributed by atoms with Gasteiger partial charge >= 0.3 is 5.97 Å². The van der Waals surface area contributed by atoms with Crippen LogP contribution in [0.1, 0.15) is 79.3 Å². The van der Waals surface area contributed by atoms with Crippen molar-refractivity contribution < 1.29 is 24.2 Å². The molecule has 2 unspecified atom stereocenters. The van der Waals surface area contributed by atoms with Crippen molar-refractivity contribution in [1.29, 1.82) is 0 Å². The van der Waals surface area contributed by atoms with Crippen LogP contribution in [0.25, 0.3) is 11.0 Å². The van der Waals surface area contributed by atoms with Gasteiger partial charge in [0.1, 0.15) is 17.9 Å². The molecule has 5 heteroatoms. The summed E-state index contributed by atoms with van der Waals surface area (Å²) in [5.74, 6) is 0.203. The molecule has 0 saturated heterocycles. The Kier molecular flexibility index (Phi) is 7.53. The van der Waals surface area contributed by atoms with Gasteiger partial charge in [-0.15, -0.1) is 0 Å². The number of rotatable bonds is 9. The molecule has 1 aromatic heterocycles. The van der Waals surface area contributed by atoms with Crippen molar-refractivity contribution in [2.75, 3.05) is 6.61 Å². The molecule has 0 aliphatic rings. The summed E-state index contributed by atoms with van der Waals surface area (Å²) < 4.78 is 11.4. The fourth-order valence-electron chi connectivity index (χ4n) is 4.08. The molecule has 2 N–H and O–H groups in total. The number of fused-ring (bicyclic) bond motifs is 1. The van der Waals surface area contributed by atoms with Crippen molar-refractivity contribution in [2.45, 2.75) is 72.8 Å². The Morgan fingerprint density at radius 2 is 1.85 bits per heavy atom. The van der Waals surface area contributed by atoms with Gasteiger partial charge in [0.25, 0.3) is 0 Å². The van der Waals surface area contributed by atoms with E-state index in [1.807, 2.05) is 45.9 Å². The van der Waals surface area contributed by atoms with Crippen LogP contribution in [0, 0.1) is 19.3 Å². The van der Waals surface area contributed by atoms with E-state index in [4.69, 9.17) is 9.15 Å². The lowest BCUT2D eigenvalue weighted by atomic mass is 9.89. The summed E-state index contributed by atoms with van der Waals surface area (Å²) in [6, 6.07) is 12.3. The lowest BCUT2D eigenvalue weighted by molar-refractivity contribution is 0.0216. The third-order valence-corrected chi connectivity index (χ3v) is 6.54. The largest absolute Gasteiger partial charge is 0.491 e. The van der Waals surface area contributed by atoms with Crippen LogP contribution in [-0.2, 0) is 6.42 Å². The standard InChI is InChI=1S/C28H36O5/c1-7-20(21-11-13-23(17(2)14-21)32-16-25(29)28(4,5)6)10-8-19-9-12-24-22(15-19)18(3)26(33-24)27(30)31/h9,11-15,20,25,29H,7-8,10,16H2,1-6H3,(H,30,31). The first kappa shape index (κ1) is 24.8. The van der Waals surface area contributed by atoms with E-state index in [1.165, 1.54) is 11.1 Å². The summed E-state index contributed by atoms with van der Waals surface area (Å²) in [6.07, 6.45) is 2.39. The van der Waals surface area contributed by atoms with Crippen molar-refractivity contribution in [1.82, 2.24) is 0 Å². The molecule has 178 valence electrons. The van der Waals surface area contributed by atoms with Gasteiger partial charge in [0.2, 0.25) is 5.76 Å². The Morgan fingerprint density at radius 1 is 1.12 bits per heavy atom.